The van der Waals surface area contributed by atoms with Gasteiger partial charge in [0.15, 0.2) is 5.13 Å². The van der Waals surface area contributed by atoms with Crippen molar-refractivity contribution < 1.29 is 18.4 Å². The van der Waals surface area contributed by atoms with E-state index >= 15 is 0 Å². The lowest BCUT2D eigenvalue weighted by Crippen LogP contribution is -2.33. The highest BCUT2D eigenvalue weighted by atomic mass is 32.1. The fourth-order valence-electron chi connectivity index (χ4n) is 3.45. The van der Waals surface area contributed by atoms with Crippen LogP contribution in [0.3, 0.4) is 0 Å². The molecule has 152 valence electrons. The second kappa shape index (κ2) is 8.16. The molecule has 5 nitrogen and oxygen atoms in total. The summed E-state index contributed by atoms with van der Waals surface area (Å²) in [7, 11) is 0. The molecule has 1 N–H and O–H groups in total. The lowest BCUT2D eigenvalue weighted by Gasteiger charge is -2.32. The number of fused-ring (bicyclic) bond motifs is 1. The van der Waals surface area contributed by atoms with Crippen molar-refractivity contribution in [1.82, 2.24) is 9.88 Å². The van der Waals surface area contributed by atoms with Crippen molar-refractivity contribution in [3.63, 3.8) is 0 Å². The van der Waals surface area contributed by atoms with Gasteiger partial charge in [-0.1, -0.05) is 30.3 Å². The summed E-state index contributed by atoms with van der Waals surface area (Å²) in [5.41, 5.74) is 1.70. The maximum atomic E-state index is 14.0. The Morgan fingerprint density at radius 1 is 1.13 bits per heavy atom. The summed E-state index contributed by atoms with van der Waals surface area (Å²) in [6.07, 6.45) is 3.52. The predicted molar refractivity (Wildman–Crippen MR) is 111 cm³/mol. The number of hydrogen-bond acceptors (Lipinski definition) is 4. The smallest absolute Gasteiger partial charge is 0.228 e. The van der Waals surface area contributed by atoms with E-state index in [1.807, 2.05) is 30.3 Å². The lowest BCUT2D eigenvalue weighted by atomic mass is 9.93. The van der Waals surface area contributed by atoms with E-state index in [0.29, 0.717) is 0 Å². The Bertz CT molecular complexity index is 1140. The van der Waals surface area contributed by atoms with Gasteiger partial charge in [-0.05, 0) is 29.3 Å². The SMILES string of the molecule is CC(=O)N1C=Cc2ccccc2[C@@H]1CC(=O)Nc1nc(-c2c(F)cccc2F)cs1. The molecule has 0 unspecified atom stereocenters. The Balaban J connectivity index is 1.53. The number of nitrogens with zero attached hydrogens (tertiary/aromatic N) is 2. The van der Waals surface area contributed by atoms with Crippen molar-refractivity contribution in [3.05, 3.63) is 76.8 Å². The van der Waals surface area contributed by atoms with Crippen molar-refractivity contribution in [2.45, 2.75) is 19.4 Å². The Labute approximate surface area is 175 Å². The number of carbonyl (C=O) groups excluding carboxylic acids is 2. The highest BCUT2D eigenvalue weighted by Crippen LogP contribution is 2.34. The van der Waals surface area contributed by atoms with Crippen molar-refractivity contribution in [2.75, 3.05) is 5.32 Å². The van der Waals surface area contributed by atoms with Gasteiger partial charge in [0.1, 0.15) is 11.6 Å². The molecule has 30 heavy (non-hydrogen) atoms. The van der Waals surface area contributed by atoms with E-state index in [-0.39, 0.29) is 34.6 Å². The number of carbonyl (C=O) groups is 2. The monoisotopic (exact) mass is 425 g/mol. The molecule has 0 bridgehead atoms. The molecule has 0 fully saturated rings. The minimum absolute atomic E-state index is 0.0178. The summed E-state index contributed by atoms with van der Waals surface area (Å²) in [5.74, 6) is -1.97. The number of halogens is 2. The molecule has 0 aliphatic carbocycles. The second-order valence-electron chi connectivity index (χ2n) is 6.77. The third kappa shape index (κ3) is 3.86. The molecule has 4 rings (SSSR count). The first-order valence-electron chi connectivity index (χ1n) is 9.20. The van der Waals surface area contributed by atoms with Gasteiger partial charge in [0.2, 0.25) is 11.8 Å². The molecule has 0 radical (unpaired) electrons. The predicted octanol–water partition coefficient (Wildman–Crippen LogP) is 4.99. The first-order valence-corrected chi connectivity index (χ1v) is 10.1. The van der Waals surface area contributed by atoms with Gasteiger partial charge in [-0.15, -0.1) is 11.3 Å². The minimum Gasteiger partial charge on any atom is -0.311 e. The molecular formula is C22H17F2N3O2S. The summed E-state index contributed by atoms with van der Waals surface area (Å²) >= 11 is 1.07. The quantitative estimate of drug-likeness (QED) is 0.641. The van der Waals surface area contributed by atoms with Crippen LogP contribution in [0.4, 0.5) is 13.9 Å². The molecule has 1 aliphatic heterocycles. The van der Waals surface area contributed by atoms with Crippen LogP contribution in [-0.2, 0) is 9.59 Å². The summed E-state index contributed by atoms with van der Waals surface area (Å²) in [6, 6.07) is 10.7. The number of rotatable bonds is 4. The van der Waals surface area contributed by atoms with Gasteiger partial charge >= 0.3 is 0 Å². The van der Waals surface area contributed by atoms with Gasteiger partial charge in [0, 0.05) is 18.5 Å². The van der Waals surface area contributed by atoms with Gasteiger partial charge in [-0.25, -0.2) is 13.8 Å². The van der Waals surface area contributed by atoms with E-state index < -0.39 is 17.7 Å². The minimum atomic E-state index is -0.721. The molecule has 1 aromatic heterocycles. The lowest BCUT2D eigenvalue weighted by molar-refractivity contribution is -0.129. The molecular weight excluding hydrogens is 408 g/mol. The van der Waals surface area contributed by atoms with Crippen LogP contribution in [0.2, 0.25) is 0 Å². The van der Waals surface area contributed by atoms with E-state index in [4.69, 9.17) is 0 Å². The zero-order valence-corrected chi connectivity index (χ0v) is 16.7. The van der Waals surface area contributed by atoms with Gasteiger partial charge in [-0.3, -0.25) is 9.59 Å². The molecule has 1 aliphatic rings. The van der Waals surface area contributed by atoms with Crippen molar-refractivity contribution >= 4 is 34.4 Å². The van der Waals surface area contributed by atoms with Crippen LogP contribution in [0.5, 0.6) is 0 Å². The van der Waals surface area contributed by atoms with E-state index in [9.17, 15) is 18.4 Å². The Morgan fingerprint density at radius 3 is 2.60 bits per heavy atom. The maximum Gasteiger partial charge on any atom is 0.228 e. The molecule has 3 aromatic rings. The van der Waals surface area contributed by atoms with Crippen molar-refractivity contribution in [1.29, 1.82) is 0 Å². The maximum absolute atomic E-state index is 14.0. The molecule has 0 saturated heterocycles. The average molecular weight is 425 g/mol. The molecule has 2 heterocycles. The number of hydrogen-bond donors (Lipinski definition) is 1. The number of amides is 2. The van der Waals surface area contributed by atoms with Crippen LogP contribution in [-0.4, -0.2) is 21.7 Å². The summed E-state index contributed by atoms with van der Waals surface area (Å²) in [5, 5.41) is 4.38. The van der Waals surface area contributed by atoms with Gasteiger partial charge < -0.3 is 10.2 Å². The van der Waals surface area contributed by atoms with Crippen LogP contribution in [0.25, 0.3) is 17.3 Å². The van der Waals surface area contributed by atoms with Crippen LogP contribution in [0.15, 0.2) is 54.0 Å². The van der Waals surface area contributed by atoms with E-state index in [1.165, 1.54) is 23.3 Å². The van der Waals surface area contributed by atoms with Crippen molar-refractivity contribution in [3.8, 4) is 11.3 Å². The van der Waals surface area contributed by atoms with Gasteiger partial charge in [-0.2, -0.15) is 0 Å². The third-order valence-electron chi connectivity index (χ3n) is 4.82. The average Bonchev–Trinajstić information content (AvgIpc) is 3.15. The third-order valence-corrected chi connectivity index (χ3v) is 5.57. The topological polar surface area (TPSA) is 62.3 Å². The zero-order valence-electron chi connectivity index (χ0n) is 15.9. The van der Waals surface area contributed by atoms with E-state index in [0.717, 1.165) is 34.6 Å². The first-order chi connectivity index (χ1) is 14.4. The molecule has 2 aromatic carbocycles. The van der Waals surface area contributed by atoms with Crippen LogP contribution in [0, 0.1) is 11.6 Å². The number of thiazole rings is 1. The van der Waals surface area contributed by atoms with Crippen LogP contribution in [0.1, 0.15) is 30.5 Å². The Morgan fingerprint density at radius 2 is 1.87 bits per heavy atom. The molecule has 1 atom stereocenters. The highest BCUT2D eigenvalue weighted by molar-refractivity contribution is 7.14. The normalized spacial score (nSPS) is 15.0. The number of aromatic nitrogens is 1. The van der Waals surface area contributed by atoms with E-state index in [1.54, 1.807) is 6.20 Å². The molecule has 2 amide bonds. The fourth-order valence-corrected chi connectivity index (χ4v) is 4.17. The Hall–Kier alpha value is -3.39. The summed E-state index contributed by atoms with van der Waals surface area (Å²) in [6.45, 7) is 1.44. The van der Waals surface area contributed by atoms with Crippen LogP contribution < -0.4 is 5.32 Å². The van der Waals surface area contributed by atoms with Crippen LogP contribution >= 0.6 is 11.3 Å². The van der Waals surface area contributed by atoms with Gasteiger partial charge in [0.05, 0.1) is 23.7 Å². The molecule has 0 spiro atoms. The first kappa shape index (κ1) is 19.9. The highest BCUT2D eigenvalue weighted by Gasteiger charge is 2.28. The molecule has 0 saturated carbocycles. The second-order valence-corrected chi connectivity index (χ2v) is 7.63. The zero-order chi connectivity index (χ0) is 21.3. The van der Waals surface area contributed by atoms with Gasteiger partial charge in [0.25, 0.3) is 0 Å². The Kier molecular flexibility index (Phi) is 5.41. The summed E-state index contributed by atoms with van der Waals surface area (Å²) < 4.78 is 27.9. The number of benzene rings is 2. The fraction of sp³-hybridized carbons (Fsp3) is 0.136. The van der Waals surface area contributed by atoms with E-state index in [2.05, 4.69) is 10.3 Å². The molecule has 8 heteroatoms. The van der Waals surface area contributed by atoms with Crippen molar-refractivity contribution in [2.24, 2.45) is 0 Å². The standard InChI is InChI=1S/C22H17F2N3O2S/c1-13(28)27-10-9-14-5-2-3-6-15(14)19(27)11-20(29)26-22-25-18(12-30-22)21-16(23)7-4-8-17(21)24/h2-10,12,19H,11H2,1H3,(H,25,26,29)/t19-/m0/s1. The number of anilines is 1. The summed E-state index contributed by atoms with van der Waals surface area (Å²) in [4.78, 5) is 30.4. The largest absolute Gasteiger partial charge is 0.311 e. The number of nitrogens with one attached hydrogen (secondary N) is 1.